The Morgan fingerprint density at radius 2 is 2.16 bits per heavy atom. The summed E-state index contributed by atoms with van der Waals surface area (Å²) < 4.78 is 38.1. The molecule has 9 heteroatoms. The van der Waals surface area contributed by atoms with Crippen molar-refractivity contribution in [1.82, 2.24) is 19.9 Å². The molecule has 5 nitrogen and oxygen atoms in total. The topological polar surface area (TPSA) is 61.9 Å². The quantitative estimate of drug-likeness (QED) is 0.737. The Morgan fingerprint density at radius 3 is 2.88 bits per heavy atom. The van der Waals surface area contributed by atoms with E-state index in [4.69, 9.17) is 0 Å². The number of amides is 1. The van der Waals surface area contributed by atoms with E-state index in [1.807, 2.05) is 6.07 Å². The number of H-pyrrole nitrogens is 1. The van der Waals surface area contributed by atoms with Gasteiger partial charge < -0.3 is 9.88 Å². The van der Waals surface area contributed by atoms with Gasteiger partial charge in [-0.25, -0.2) is 9.97 Å². The van der Waals surface area contributed by atoms with Gasteiger partial charge in [-0.2, -0.15) is 13.2 Å². The number of thiazole rings is 1. The van der Waals surface area contributed by atoms with Gasteiger partial charge in [-0.3, -0.25) is 4.79 Å². The van der Waals surface area contributed by atoms with E-state index in [2.05, 4.69) is 15.0 Å². The standard InChI is InChI=1S/C16H15F3N4OS/c1-2-7-23(9-16(17,18)19)15(24)12-8-25-14(22-12)11-4-6-21-13-10(11)3-5-20-13/h3-6,8H,2,7,9H2,1H3,(H,20,21). The molecule has 0 aliphatic rings. The molecule has 25 heavy (non-hydrogen) atoms. The van der Waals surface area contributed by atoms with Crippen LogP contribution in [0.2, 0.25) is 0 Å². The van der Waals surface area contributed by atoms with Crippen molar-refractivity contribution in [2.75, 3.05) is 13.1 Å². The SMILES string of the molecule is CCCN(CC(F)(F)F)C(=O)c1csc(-c2ccnc3[nH]ccc23)n1. The number of rotatable bonds is 5. The molecule has 0 aliphatic carbocycles. The number of alkyl halides is 3. The number of halogens is 3. The minimum atomic E-state index is -4.44. The molecule has 1 N–H and O–H groups in total. The van der Waals surface area contributed by atoms with E-state index in [9.17, 15) is 18.0 Å². The first-order valence-corrected chi connectivity index (χ1v) is 8.51. The predicted molar refractivity (Wildman–Crippen MR) is 89.5 cm³/mol. The van der Waals surface area contributed by atoms with E-state index in [1.165, 1.54) is 16.7 Å². The number of aromatic amines is 1. The zero-order valence-electron chi connectivity index (χ0n) is 13.3. The number of aromatic nitrogens is 3. The second-order valence-corrected chi connectivity index (χ2v) is 6.34. The van der Waals surface area contributed by atoms with Crippen molar-refractivity contribution >= 4 is 28.3 Å². The minimum absolute atomic E-state index is 0.0261. The number of carbonyl (C=O) groups excluding carboxylic acids is 1. The zero-order valence-corrected chi connectivity index (χ0v) is 14.1. The second-order valence-electron chi connectivity index (χ2n) is 5.48. The maximum atomic E-state index is 12.7. The Labute approximate surface area is 145 Å². The highest BCUT2D eigenvalue weighted by Gasteiger charge is 2.33. The first-order chi connectivity index (χ1) is 11.9. The molecule has 3 aromatic heterocycles. The summed E-state index contributed by atoms with van der Waals surface area (Å²) in [4.78, 5) is 24.6. The lowest BCUT2D eigenvalue weighted by Crippen LogP contribution is -2.39. The Kier molecular flexibility index (Phi) is 4.76. The third kappa shape index (κ3) is 3.81. The van der Waals surface area contributed by atoms with Crippen LogP contribution in [0.1, 0.15) is 23.8 Å². The molecule has 0 saturated carbocycles. The third-order valence-corrected chi connectivity index (χ3v) is 4.44. The highest BCUT2D eigenvalue weighted by molar-refractivity contribution is 7.13. The van der Waals surface area contributed by atoms with Crippen molar-refractivity contribution in [2.24, 2.45) is 0 Å². The van der Waals surface area contributed by atoms with Crippen molar-refractivity contribution in [3.8, 4) is 10.6 Å². The molecule has 3 rings (SSSR count). The third-order valence-electron chi connectivity index (χ3n) is 3.56. The van der Waals surface area contributed by atoms with E-state index in [-0.39, 0.29) is 12.2 Å². The second kappa shape index (κ2) is 6.83. The molecule has 0 fully saturated rings. The Bertz CT molecular complexity index is 887. The van der Waals surface area contributed by atoms with E-state index in [0.29, 0.717) is 17.1 Å². The van der Waals surface area contributed by atoms with Gasteiger partial charge in [0.15, 0.2) is 0 Å². The molecule has 0 aromatic carbocycles. The summed E-state index contributed by atoms with van der Waals surface area (Å²) in [7, 11) is 0. The van der Waals surface area contributed by atoms with Crippen LogP contribution in [0.25, 0.3) is 21.6 Å². The number of nitrogens with zero attached hydrogens (tertiary/aromatic N) is 3. The van der Waals surface area contributed by atoms with Gasteiger partial charge in [0.05, 0.1) is 0 Å². The van der Waals surface area contributed by atoms with Crippen LogP contribution in [-0.2, 0) is 0 Å². The smallest absolute Gasteiger partial charge is 0.346 e. The van der Waals surface area contributed by atoms with E-state index < -0.39 is 18.6 Å². The number of hydrogen-bond donors (Lipinski definition) is 1. The Balaban J connectivity index is 1.89. The van der Waals surface area contributed by atoms with Crippen LogP contribution in [0, 0.1) is 0 Å². The predicted octanol–water partition coefficient (Wildman–Crippen LogP) is 4.10. The van der Waals surface area contributed by atoms with Crippen molar-refractivity contribution in [3.63, 3.8) is 0 Å². The monoisotopic (exact) mass is 368 g/mol. The summed E-state index contributed by atoms with van der Waals surface area (Å²) in [5, 5.41) is 2.91. The van der Waals surface area contributed by atoms with Gasteiger partial charge in [0.1, 0.15) is 22.9 Å². The maximum Gasteiger partial charge on any atom is 0.406 e. The molecule has 0 bridgehead atoms. The highest BCUT2D eigenvalue weighted by Crippen LogP contribution is 2.30. The molecule has 0 unspecified atom stereocenters. The van der Waals surface area contributed by atoms with Gasteiger partial charge in [0.2, 0.25) is 0 Å². The van der Waals surface area contributed by atoms with E-state index in [0.717, 1.165) is 15.8 Å². The van der Waals surface area contributed by atoms with Crippen LogP contribution in [0.4, 0.5) is 13.2 Å². The van der Waals surface area contributed by atoms with Crippen molar-refractivity contribution in [2.45, 2.75) is 19.5 Å². The largest absolute Gasteiger partial charge is 0.406 e. The first-order valence-electron chi connectivity index (χ1n) is 7.63. The van der Waals surface area contributed by atoms with Crippen LogP contribution in [-0.4, -0.2) is 45.0 Å². The van der Waals surface area contributed by atoms with Gasteiger partial charge in [0.25, 0.3) is 5.91 Å². The van der Waals surface area contributed by atoms with Gasteiger partial charge in [-0.1, -0.05) is 6.92 Å². The van der Waals surface area contributed by atoms with Crippen molar-refractivity contribution in [1.29, 1.82) is 0 Å². The van der Waals surface area contributed by atoms with Gasteiger partial charge in [0, 0.05) is 35.3 Å². The van der Waals surface area contributed by atoms with Crippen LogP contribution < -0.4 is 0 Å². The van der Waals surface area contributed by atoms with Crippen LogP contribution >= 0.6 is 11.3 Å². The first kappa shape index (κ1) is 17.4. The molecular weight excluding hydrogens is 353 g/mol. The molecule has 0 saturated heterocycles. The summed E-state index contributed by atoms with van der Waals surface area (Å²) in [6.45, 7) is 0.481. The van der Waals surface area contributed by atoms with Crippen molar-refractivity contribution < 1.29 is 18.0 Å². The maximum absolute atomic E-state index is 12.7. The fourth-order valence-electron chi connectivity index (χ4n) is 2.54. The van der Waals surface area contributed by atoms with Crippen LogP contribution in [0.15, 0.2) is 29.9 Å². The van der Waals surface area contributed by atoms with Gasteiger partial charge >= 0.3 is 6.18 Å². The number of carbonyl (C=O) groups is 1. The van der Waals surface area contributed by atoms with Crippen LogP contribution in [0.3, 0.4) is 0 Å². The van der Waals surface area contributed by atoms with E-state index >= 15 is 0 Å². The number of pyridine rings is 1. The molecule has 132 valence electrons. The summed E-state index contributed by atoms with van der Waals surface area (Å²) in [5.41, 5.74) is 1.50. The fraction of sp³-hybridized carbons (Fsp3) is 0.312. The zero-order chi connectivity index (χ0) is 18.0. The number of fused-ring (bicyclic) bond motifs is 1. The average molecular weight is 368 g/mol. The van der Waals surface area contributed by atoms with Gasteiger partial charge in [-0.05, 0) is 18.6 Å². The van der Waals surface area contributed by atoms with Crippen molar-refractivity contribution in [3.05, 3.63) is 35.6 Å². The Hall–Kier alpha value is -2.42. The number of hydrogen-bond acceptors (Lipinski definition) is 4. The molecule has 1 amide bonds. The summed E-state index contributed by atoms with van der Waals surface area (Å²) in [5.74, 6) is -0.707. The summed E-state index contributed by atoms with van der Waals surface area (Å²) >= 11 is 1.22. The lowest BCUT2D eigenvalue weighted by molar-refractivity contribution is -0.140. The lowest BCUT2D eigenvalue weighted by atomic mass is 10.2. The molecular formula is C16H15F3N4OS. The minimum Gasteiger partial charge on any atom is -0.346 e. The number of nitrogens with one attached hydrogen (secondary N) is 1. The summed E-state index contributed by atoms with van der Waals surface area (Å²) in [6, 6.07) is 3.61. The molecule has 0 atom stereocenters. The fourth-order valence-corrected chi connectivity index (χ4v) is 3.38. The highest BCUT2D eigenvalue weighted by atomic mass is 32.1. The van der Waals surface area contributed by atoms with Gasteiger partial charge in [-0.15, -0.1) is 11.3 Å². The molecule has 0 radical (unpaired) electrons. The average Bonchev–Trinajstić information content (AvgIpc) is 3.21. The molecule has 0 aliphatic heterocycles. The molecule has 3 aromatic rings. The molecule has 0 spiro atoms. The normalized spacial score (nSPS) is 11.8. The summed E-state index contributed by atoms with van der Waals surface area (Å²) in [6.07, 6.45) is -0.642. The van der Waals surface area contributed by atoms with Crippen LogP contribution in [0.5, 0.6) is 0 Å². The van der Waals surface area contributed by atoms with E-state index in [1.54, 1.807) is 25.4 Å². The molecule has 3 heterocycles. The Morgan fingerprint density at radius 1 is 1.36 bits per heavy atom. The lowest BCUT2D eigenvalue weighted by Gasteiger charge is -2.22.